The molecule has 1 aromatic heterocycles. The van der Waals surface area contributed by atoms with Crippen molar-refractivity contribution in [1.82, 2.24) is 0 Å². The van der Waals surface area contributed by atoms with Gasteiger partial charge in [0, 0.05) is 12.0 Å². The van der Waals surface area contributed by atoms with Crippen molar-refractivity contribution in [1.29, 1.82) is 0 Å². The average molecular weight is 327 g/mol. The second kappa shape index (κ2) is 5.76. The lowest BCUT2D eigenvalue weighted by Gasteiger charge is -2.25. The van der Waals surface area contributed by atoms with E-state index in [-0.39, 0.29) is 11.7 Å². The van der Waals surface area contributed by atoms with Crippen LogP contribution in [0.15, 0.2) is 30.3 Å². The van der Waals surface area contributed by atoms with Crippen molar-refractivity contribution in [2.45, 2.75) is 18.8 Å². The van der Waals surface area contributed by atoms with Crippen LogP contribution in [0.3, 0.4) is 0 Å². The topological polar surface area (TPSA) is 26.3 Å². The van der Waals surface area contributed by atoms with Crippen LogP contribution in [0.5, 0.6) is 5.75 Å². The van der Waals surface area contributed by atoms with E-state index in [0.717, 1.165) is 17.7 Å². The highest BCUT2D eigenvalue weighted by Crippen LogP contribution is 2.38. The molecule has 0 saturated heterocycles. The number of Topliss-reactive ketones (excluding diaryl/α,β-unsaturated/α-hetero) is 1. The summed E-state index contributed by atoms with van der Waals surface area (Å²) in [7, 11) is 0. The maximum absolute atomic E-state index is 12.4. The van der Waals surface area contributed by atoms with Crippen LogP contribution >= 0.6 is 34.5 Å². The number of fused-ring (bicyclic) bond motifs is 1. The third-order valence-corrected chi connectivity index (χ3v) is 4.96. The van der Waals surface area contributed by atoms with E-state index in [0.29, 0.717) is 27.3 Å². The van der Waals surface area contributed by atoms with Gasteiger partial charge < -0.3 is 4.74 Å². The van der Waals surface area contributed by atoms with Crippen molar-refractivity contribution in [3.8, 4) is 5.75 Å². The van der Waals surface area contributed by atoms with Gasteiger partial charge in [0.15, 0.2) is 5.78 Å². The Bertz CT molecular complexity index is 651. The SMILES string of the molecule is O=C(CC1CCOc2ccccc21)c1cc(Cl)sc1Cl. The van der Waals surface area contributed by atoms with Gasteiger partial charge in [0.25, 0.3) is 0 Å². The molecule has 2 heterocycles. The fourth-order valence-electron chi connectivity index (χ4n) is 2.49. The number of carbonyl (C=O) groups is 1. The maximum Gasteiger partial charge on any atom is 0.165 e. The highest BCUT2D eigenvalue weighted by molar-refractivity contribution is 7.20. The minimum atomic E-state index is 0.0415. The number of hydrogen-bond donors (Lipinski definition) is 0. The van der Waals surface area contributed by atoms with E-state index in [9.17, 15) is 4.79 Å². The van der Waals surface area contributed by atoms with Gasteiger partial charge in [0.05, 0.1) is 10.9 Å². The highest BCUT2D eigenvalue weighted by Gasteiger charge is 2.25. The lowest BCUT2D eigenvalue weighted by Crippen LogP contribution is -2.17. The number of carbonyl (C=O) groups excluding carboxylic acids is 1. The van der Waals surface area contributed by atoms with Gasteiger partial charge in [-0.3, -0.25) is 4.79 Å². The fourth-order valence-corrected chi connectivity index (χ4v) is 3.99. The molecule has 0 spiro atoms. The van der Waals surface area contributed by atoms with Gasteiger partial charge in [-0.2, -0.15) is 0 Å². The highest BCUT2D eigenvalue weighted by atomic mass is 35.5. The van der Waals surface area contributed by atoms with Crippen molar-refractivity contribution >= 4 is 40.3 Å². The molecule has 0 aliphatic carbocycles. The summed E-state index contributed by atoms with van der Waals surface area (Å²) in [5.74, 6) is 1.10. The summed E-state index contributed by atoms with van der Waals surface area (Å²) in [4.78, 5) is 12.4. The first-order chi connectivity index (χ1) is 9.65. The van der Waals surface area contributed by atoms with Crippen LogP contribution in [0.1, 0.15) is 34.7 Å². The van der Waals surface area contributed by atoms with Crippen LogP contribution in [-0.2, 0) is 0 Å². The Labute approximate surface area is 131 Å². The van der Waals surface area contributed by atoms with Crippen molar-refractivity contribution in [2.24, 2.45) is 0 Å². The molecule has 0 saturated carbocycles. The van der Waals surface area contributed by atoms with Crippen molar-refractivity contribution in [2.75, 3.05) is 6.61 Å². The largest absolute Gasteiger partial charge is 0.493 e. The van der Waals surface area contributed by atoms with Gasteiger partial charge in [-0.15, -0.1) is 11.3 Å². The monoisotopic (exact) mass is 326 g/mol. The normalized spacial score (nSPS) is 17.4. The number of ketones is 1. The Kier molecular flexibility index (Phi) is 4.01. The van der Waals surface area contributed by atoms with E-state index in [1.54, 1.807) is 6.07 Å². The second-order valence-corrected chi connectivity index (χ2v) is 7.02. The third kappa shape index (κ3) is 2.71. The molecule has 1 aromatic carbocycles. The zero-order valence-electron chi connectivity index (χ0n) is 10.6. The molecule has 1 aliphatic rings. The van der Waals surface area contributed by atoms with E-state index in [1.807, 2.05) is 24.3 Å². The molecular formula is C15H12Cl2O2S. The lowest BCUT2D eigenvalue weighted by atomic mass is 9.88. The van der Waals surface area contributed by atoms with Gasteiger partial charge in [-0.05, 0) is 30.0 Å². The Morgan fingerprint density at radius 2 is 2.15 bits per heavy atom. The van der Waals surface area contributed by atoms with Gasteiger partial charge in [-0.1, -0.05) is 41.4 Å². The molecule has 1 unspecified atom stereocenters. The third-order valence-electron chi connectivity index (χ3n) is 3.47. The van der Waals surface area contributed by atoms with Crippen LogP contribution in [0.4, 0.5) is 0 Å². The molecule has 0 N–H and O–H groups in total. The average Bonchev–Trinajstić information content (AvgIpc) is 2.78. The number of benzene rings is 1. The van der Waals surface area contributed by atoms with Crippen LogP contribution in [0.2, 0.25) is 8.67 Å². The first kappa shape index (κ1) is 13.9. The first-order valence-electron chi connectivity index (χ1n) is 6.35. The summed E-state index contributed by atoms with van der Waals surface area (Å²) in [5, 5.41) is 0. The van der Waals surface area contributed by atoms with Crippen LogP contribution in [-0.4, -0.2) is 12.4 Å². The van der Waals surface area contributed by atoms with Crippen LogP contribution in [0.25, 0.3) is 0 Å². The summed E-state index contributed by atoms with van der Waals surface area (Å²) in [6.45, 7) is 0.646. The fraction of sp³-hybridized carbons (Fsp3) is 0.267. The molecule has 0 amide bonds. The predicted molar refractivity (Wildman–Crippen MR) is 82.6 cm³/mol. The molecule has 1 aliphatic heterocycles. The Morgan fingerprint density at radius 1 is 1.35 bits per heavy atom. The number of ether oxygens (including phenoxy) is 1. The summed E-state index contributed by atoms with van der Waals surface area (Å²) >= 11 is 13.2. The minimum Gasteiger partial charge on any atom is -0.493 e. The number of rotatable bonds is 3. The number of thiophene rings is 1. The van der Waals surface area contributed by atoms with E-state index in [1.165, 1.54) is 11.3 Å². The molecule has 0 bridgehead atoms. The Morgan fingerprint density at radius 3 is 2.90 bits per heavy atom. The van der Waals surface area contributed by atoms with Crippen molar-refractivity contribution in [3.05, 3.63) is 50.1 Å². The molecule has 5 heteroatoms. The van der Waals surface area contributed by atoms with Gasteiger partial charge >= 0.3 is 0 Å². The zero-order chi connectivity index (χ0) is 14.1. The second-order valence-electron chi connectivity index (χ2n) is 4.74. The van der Waals surface area contributed by atoms with Crippen molar-refractivity contribution in [3.63, 3.8) is 0 Å². The standard InChI is InChI=1S/C15H12Cl2O2S/c16-14-8-11(15(17)20-14)12(18)7-9-5-6-19-13-4-2-1-3-10(9)13/h1-4,8-9H,5-7H2. The quantitative estimate of drug-likeness (QED) is 0.725. The zero-order valence-corrected chi connectivity index (χ0v) is 12.9. The molecule has 3 rings (SSSR count). The molecule has 0 radical (unpaired) electrons. The molecular weight excluding hydrogens is 315 g/mol. The first-order valence-corrected chi connectivity index (χ1v) is 7.92. The lowest BCUT2D eigenvalue weighted by molar-refractivity contribution is 0.0966. The molecule has 2 nitrogen and oxygen atoms in total. The number of hydrogen-bond acceptors (Lipinski definition) is 3. The van der Waals surface area contributed by atoms with Gasteiger partial charge in [-0.25, -0.2) is 0 Å². The summed E-state index contributed by atoms with van der Waals surface area (Å²) in [6.07, 6.45) is 1.28. The summed E-state index contributed by atoms with van der Waals surface area (Å²) in [6, 6.07) is 9.54. The molecule has 1 atom stereocenters. The van der Waals surface area contributed by atoms with E-state index >= 15 is 0 Å². The van der Waals surface area contributed by atoms with E-state index < -0.39 is 0 Å². The van der Waals surface area contributed by atoms with E-state index in [2.05, 4.69) is 0 Å². The smallest absolute Gasteiger partial charge is 0.165 e. The van der Waals surface area contributed by atoms with Crippen LogP contribution < -0.4 is 4.74 Å². The predicted octanol–water partition coefficient (Wildman–Crippen LogP) is 5.19. The van der Waals surface area contributed by atoms with Gasteiger partial charge in [0.2, 0.25) is 0 Å². The number of para-hydroxylation sites is 1. The van der Waals surface area contributed by atoms with E-state index in [4.69, 9.17) is 27.9 Å². The molecule has 20 heavy (non-hydrogen) atoms. The molecule has 104 valence electrons. The Hall–Kier alpha value is -1.03. The maximum atomic E-state index is 12.4. The summed E-state index contributed by atoms with van der Waals surface area (Å²) < 4.78 is 6.63. The van der Waals surface area contributed by atoms with Crippen molar-refractivity contribution < 1.29 is 9.53 Å². The summed E-state index contributed by atoms with van der Waals surface area (Å²) in [5.41, 5.74) is 1.63. The molecule has 2 aromatic rings. The van der Waals surface area contributed by atoms with Crippen LogP contribution in [0, 0.1) is 0 Å². The Balaban J connectivity index is 1.82. The minimum absolute atomic E-state index is 0.0415. The number of halogens is 2. The molecule has 0 fully saturated rings. The van der Waals surface area contributed by atoms with Gasteiger partial charge in [0.1, 0.15) is 10.1 Å².